The molecule has 0 bridgehead atoms. The lowest BCUT2D eigenvalue weighted by molar-refractivity contribution is -0.307. The summed E-state index contributed by atoms with van der Waals surface area (Å²) >= 11 is 0. The summed E-state index contributed by atoms with van der Waals surface area (Å²) in [5, 5.41) is 14.4. The minimum Gasteiger partial charge on any atom is -0.463 e. The highest BCUT2D eigenvalue weighted by Gasteiger charge is 2.51. The van der Waals surface area contributed by atoms with Crippen LogP contribution in [0.2, 0.25) is 0 Å². The van der Waals surface area contributed by atoms with Gasteiger partial charge in [-0.3, -0.25) is 33.6 Å². The van der Waals surface area contributed by atoms with E-state index in [4.69, 9.17) is 37.9 Å². The van der Waals surface area contributed by atoms with Gasteiger partial charge in [0.05, 0.1) is 12.6 Å². The van der Waals surface area contributed by atoms with Crippen molar-refractivity contribution in [1.82, 2.24) is 5.32 Å². The van der Waals surface area contributed by atoms with Gasteiger partial charge in [0, 0.05) is 41.5 Å². The number of aliphatic hydroxyl groups is 1. The second-order valence-corrected chi connectivity index (χ2v) is 18.6. The number of hydrogen-bond acceptors (Lipinski definition) is 16. The second kappa shape index (κ2) is 38.9. The van der Waals surface area contributed by atoms with Gasteiger partial charge in [0.1, 0.15) is 24.9 Å². The molecule has 1 fully saturated rings. The van der Waals surface area contributed by atoms with Gasteiger partial charge < -0.3 is 48.3 Å². The van der Waals surface area contributed by atoms with E-state index >= 15 is 0 Å². The number of ether oxygens (including phenoxy) is 8. The first kappa shape index (κ1) is 63.2. The lowest BCUT2D eigenvalue weighted by Gasteiger charge is -2.43. The number of rotatable bonds is 40. The van der Waals surface area contributed by atoms with Gasteiger partial charge in [-0.25, -0.2) is 0 Å². The van der Waals surface area contributed by atoms with Crippen LogP contribution in [0.4, 0.5) is 0 Å². The average Bonchev–Trinajstić information content (AvgIpc) is 3.27. The summed E-state index contributed by atoms with van der Waals surface area (Å²) in [5.41, 5.74) is 0. The third-order valence-electron chi connectivity index (χ3n) is 12.1. The van der Waals surface area contributed by atoms with Gasteiger partial charge in [-0.2, -0.15) is 0 Å². The molecule has 0 saturated carbocycles. The summed E-state index contributed by atoms with van der Waals surface area (Å²) in [6.45, 7) is 10.3. The maximum absolute atomic E-state index is 14.2. The van der Waals surface area contributed by atoms with Crippen molar-refractivity contribution in [3.8, 4) is 0 Å². The Balaban J connectivity index is 3.40. The van der Waals surface area contributed by atoms with Gasteiger partial charge in [0.25, 0.3) is 5.91 Å². The van der Waals surface area contributed by atoms with Gasteiger partial charge >= 0.3 is 35.8 Å². The highest BCUT2D eigenvalue weighted by molar-refractivity contribution is 5.83. The number of aliphatic hydroxyl groups excluding tert-OH is 1. The molecule has 0 aliphatic carbocycles. The first-order valence-corrected chi connectivity index (χ1v) is 26.2. The van der Waals surface area contributed by atoms with Crippen LogP contribution in [0.15, 0.2) is 0 Å². The zero-order valence-electron chi connectivity index (χ0n) is 43.6. The topological polar surface area (TPSA) is 226 Å². The number of amides is 1. The quantitative estimate of drug-likeness (QED) is 0.0332. The highest BCUT2D eigenvalue weighted by Crippen LogP contribution is 2.29. The van der Waals surface area contributed by atoms with Gasteiger partial charge in [0.15, 0.2) is 30.7 Å². The van der Waals surface area contributed by atoms with Crippen LogP contribution in [0.5, 0.6) is 0 Å². The summed E-state index contributed by atoms with van der Waals surface area (Å²) < 4.78 is 45.3. The third kappa shape index (κ3) is 30.5. The van der Waals surface area contributed by atoms with Crippen LogP contribution in [0.3, 0.4) is 0 Å². The van der Waals surface area contributed by atoms with Crippen LogP contribution in [-0.2, 0) is 71.5 Å². The van der Waals surface area contributed by atoms with Crippen molar-refractivity contribution in [2.45, 2.75) is 277 Å². The Morgan fingerprint density at radius 2 is 0.928 bits per heavy atom. The molecule has 1 amide bonds. The Kier molecular flexibility index (Phi) is 35.6. The minimum absolute atomic E-state index is 0.199. The first-order chi connectivity index (χ1) is 33.0. The molecule has 3 unspecified atom stereocenters. The molecule has 1 rings (SSSR count). The molecule has 0 aromatic carbocycles. The Morgan fingerprint density at radius 3 is 1.35 bits per heavy atom. The zero-order chi connectivity index (χ0) is 51.4. The molecule has 400 valence electrons. The average molecular weight is 986 g/mol. The lowest BCUT2D eigenvalue weighted by Crippen LogP contribution is -2.63. The van der Waals surface area contributed by atoms with E-state index < -0.39 is 110 Å². The van der Waals surface area contributed by atoms with Crippen molar-refractivity contribution >= 4 is 41.7 Å². The smallest absolute Gasteiger partial charge is 0.303 e. The maximum Gasteiger partial charge on any atom is 0.303 e. The van der Waals surface area contributed by atoms with Crippen LogP contribution < -0.4 is 5.32 Å². The van der Waals surface area contributed by atoms with Crippen molar-refractivity contribution in [2.24, 2.45) is 0 Å². The molecular formula is C52H91NO16. The lowest BCUT2D eigenvalue weighted by atomic mass is 9.97. The van der Waals surface area contributed by atoms with Crippen molar-refractivity contribution < 1.29 is 76.6 Å². The summed E-state index contributed by atoms with van der Waals surface area (Å²) in [6.07, 6.45) is 15.4. The van der Waals surface area contributed by atoms with Crippen molar-refractivity contribution in [2.75, 3.05) is 13.2 Å². The molecule has 17 heteroatoms. The van der Waals surface area contributed by atoms with E-state index in [1.165, 1.54) is 111 Å². The van der Waals surface area contributed by atoms with E-state index in [0.717, 1.165) is 72.1 Å². The number of unbranched alkanes of at least 4 members (excludes halogenated alkanes) is 22. The summed E-state index contributed by atoms with van der Waals surface area (Å²) in [6, 6.07) is -1.32. The van der Waals surface area contributed by atoms with Gasteiger partial charge in [-0.15, -0.1) is 0 Å². The van der Waals surface area contributed by atoms with Crippen LogP contribution in [-0.4, -0.2) is 115 Å². The molecule has 17 nitrogen and oxygen atoms in total. The molecule has 9 atom stereocenters. The summed E-state index contributed by atoms with van der Waals surface area (Å²) in [4.78, 5) is 88.4. The maximum atomic E-state index is 14.2. The molecule has 0 aromatic heterocycles. The molecule has 0 radical (unpaired) electrons. The fourth-order valence-electron chi connectivity index (χ4n) is 8.63. The first-order valence-electron chi connectivity index (χ1n) is 26.2. The summed E-state index contributed by atoms with van der Waals surface area (Å²) in [5.74, 6) is -5.16. The largest absolute Gasteiger partial charge is 0.463 e. The molecule has 1 aliphatic heterocycles. The number of esters is 6. The monoisotopic (exact) mass is 986 g/mol. The molecular weight excluding hydrogens is 895 g/mol. The van der Waals surface area contributed by atoms with Crippen LogP contribution in [0.25, 0.3) is 0 Å². The molecule has 69 heavy (non-hydrogen) atoms. The van der Waals surface area contributed by atoms with Crippen LogP contribution in [0, 0.1) is 0 Å². The number of carbonyl (C=O) groups excluding carboxylic acids is 7. The van der Waals surface area contributed by atoms with Gasteiger partial charge in [-0.1, -0.05) is 155 Å². The Bertz CT molecular complexity index is 1460. The molecule has 1 heterocycles. The van der Waals surface area contributed by atoms with E-state index in [-0.39, 0.29) is 12.8 Å². The normalized spacial score (nSPS) is 19.6. The molecule has 1 saturated heterocycles. The van der Waals surface area contributed by atoms with Crippen molar-refractivity contribution in [3.05, 3.63) is 0 Å². The van der Waals surface area contributed by atoms with Gasteiger partial charge in [-0.05, 0) is 25.7 Å². The van der Waals surface area contributed by atoms with Gasteiger partial charge in [0.2, 0.25) is 0 Å². The Labute approximate surface area is 413 Å². The predicted octanol–water partition coefficient (Wildman–Crippen LogP) is 8.98. The fourth-order valence-corrected chi connectivity index (χ4v) is 8.63. The third-order valence-corrected chi connectivity index (χ3v) is 12.1. The fraction of sp³-hybridized carbons (Fsp3) is 0.865. The van der Waals surface area contributed by atoms with E-state index in [1.54, 1.807) is 0 Å². The standard InChI is InChI=1S/C52H91NO16/c1-9-11-13-15-17-19-21-23-25-27-29-31-33-44(64-38(4)55)48(66-40(6)57)43(53-51(61)45(65-39(5)56)34-32-30-28-26-24-22-20-18-16-14-12-10-2)35-63-52-47(60)50(68-42(8)59)49(67-41(7)58)46(69-52)36-62-37(3)54/h43-50,52,60H,9-36H2,1-8H3,(H,53,61)/t43-,44?,45?,46+,47+,48?,49-,50+,52-/m0/s1. The number of nitrogens with one attached hydrogen (secondary N) is 1. The van der Waals surface area contributed by atoms with E-state index in [9.17, 15) is 38.7 Å². The van der Waals surface area contributed by atoms with Crippen LogP contribution in [0.1, 0.15) is 222 Å². The molecule has 2 N–H and O–H groups in total. The molecule has 0 aromatic rings. The molecule has 1 aliphatic rings. The van der Waals surface area contributed by atoms with Crippen molar-refractivity contribution in [1.29, 1.82) is 0 Å². The number of carbonyl (C=O) groups is 7. The van der Waals surface area contributed by atoms with Crippen LogP contribution >= 0.6 is 0 Å². The molecule has 0 spiro atoms. The Morgan fingerprint density at radius 1 is 0.507 bits per heavy atom. The predicted molar refractivity (Wildman–Crippen MR) is 258 cm³/mol. The minimum atomic E-state index is -1.81. The SMILES string of the molecule is CCCCCCCCCCCCCCC(OC(C)=O)C(=O)N[C@@H](CO[C@H]1O[C@H](COC(C)=O)[C@H](OC(C)=O)[C@H](OC(C)=O)[C@H]1O)C(OC(C)=O)C(CCCCCCCCCCCCCC)OC(C)=O. The van der Waals surface area contributed by atoms with E-state index in [2.05, 4.69) is 19.2 Å². The Hall–Kier alpha value is -3.83. The van der Waals surface area contributed by atoms with E-state index in [0.29, 0.717) is 12.8 Å². The summed E-state index contributed by atoms with van der Waals surface area (Å²) in [7, 11) is 0. The number of hydrogen-bond donors (Lipinski definition) is 2. The zero-order valence-corrected chi connectivity index (χ0v) is 43.6. The van der Waals surface area contributed by atoms with E-state index in [1.807, 2.05) is 0 Å². The second-order valence-electron chi connectivity index (χ2n) is 18.6. The van der Waals surface area contributed by atoms with Crippen molar-refractivity contribution in [3.63, 3.8) is 0 Å². The highest BCUT2D eigenvalue weighted by atomic mass is 16.7.